The molecule has 12 heteroatoms. The molecule has 3 aromatic rings. The topological polar surface area (TPSA) is 121 Å². The van der Waals surface area contributed by atoms with E-state index >= 15 is 0 Å². The molecule has 0 aliphatic rings. The van der Waals surface area contributed by atoms with Crippen LogP contribution in [-0.2, 0) is 14.3 Å². The maximum Gasteiger partial charge on any atom is 0.339 e. The Bertz CT molecular complexity index is 1180. The summed E-state index contributed by atoms with van der Waals surface area (Å²) in [6.45, 7) is 0. The quantitative estimate of drug-likeness (QED) is 0.376. The zero-order valence-corrected chi connectivity index (χ0v) is 19.0. The summed E-state index contributed by atoms with van der Waals surface area (Å²) < 4.78 is 14.9. The van der Waals surface area contributed by atoms with Crippen molar-refractivity contribution in [1.82, 2.24) is 10.2 Å². The first-order valence-electron chi connectivity index (χ1n) is 8.84. The SMILES string of the molecule is COC(=O)c1ccc(C(=O)OC)c(NC(=O)CSc2nnc(-c3ccc(Cl)cc3Cl)o2)c1. The molecule has 9 nitrogen and oxygen atoms in total. The number of halogens is 2. The summed E-state index contributed by atoms with van der Waals surface area (Å²) in [6, 6.07) is 8.90. The van der Waals surface area contributed by atoms with Crippen LogP contribution < -0.4 is 5.32 Å². The monoisotopic (exact) mass is 495 g/mol. The van der Waals surface area contributed by atoms with E-state index in [1.807, 2.05) is 0 Å². The van der Waals surface area contributed by atoms with E-state index in [9.17, 15) is 14.4 Å². The number of hydrogen-bond acceptors (Lipinski definition) is 9. The second-order valence-electron chi connectivity index (χ2n) is 6.08. The zero-order chi connectivity index (χ0) is 23.3. The van der Waals surface area contributed by atoms with Crippen LogP contribution in [0.15, 0.2) is 46.0 Å². The summed E-state index contributed by atoms with van der Waals surface area (Å²) in [5, 5.41) is 11.3. The summed E-state index contributed by atoms with van der Waals surface area (Å²) >= 11 is 13.0. The van der Waals surface area contributed by atoms with Crippen LogP contribution in [0.2, 0.25) is 10.0 Å². The van der Waals surface area contributed by atoms with E-state index in [2.05, 4.69) is 20.3 Å². The Kier molecular flexibility index (Phi) is 7.73. The second-order valence-corrected chi connectivity index (χ2v) is 7.85. The van der Waals surface area contributed by atoms with Gasteiger partial charge in [-0.05, 0) is 36.4 Å². The first-order valence-corrected chi connectivity index (χ1v) is 10.6. The van der Waals surface area contributed by atoms with E-state index in [-0.39, 0.29) is 33.7 Å². The number of carbonyl (C=O) groups excluding carboxylic acids is 3. The molecule has 0 aliphatic heterocycles. The van der Waals surface area contributed by atoms with Crippen LogP contribution in [-0.4, -0.2) is 48.0 Å². The van der Waals surface area contributed by atoms with Crippen molar-refractivity contribution < 1.29 is 28.3 Å². The number of carbonyl (C=O) groups is 3. The van der Waals surface area contributed by atoms with Gasteiger partial charge in [0.15, 0.2) is 0 Å². The van der Waals surface area contributed by atoms with E-state index in [0.717, 1.165) is 11.8 Å². The molecule has 0 saturated carbocycles. The van der Waals surface area contributed by atoms with Crippen molar-refractivity contribution in [3.05, 3.63) is 57.6 Å². The average molecular weight is 496 g/mol. The third-order valence-corrected chi connectivity index (χ3v) is 5.38. The van der Waals surface area contributed by atoms with Gasteiger partial charge >= 0.3 is 11.9 Å². The van der Waals surface area contributed by atoms with Crippen molar-refractivity contribution in [1.29, 1.82) is 0 Å². The zero-order valence-electron chi connectivity index (χ0n) is 16.7. The molecule has 1 heterocycles. The van der Waals surface area contributed by atoms with Crippen LogP contribution in [0.5, 0.6) is 0 Å². The number of ether oxygens (including phenoxy) is 2. The number of benzene rings is 2. The van der Waals surface area contributed by atoms with Gasteiger partial charge in [-0.15, -0.1) is 10.2 Å². The van der Waals surface area contributed by atoms with Gasteiger partial charge in [-0.25, -0.2) is 9.59 Å². The van der Waals surface area contributed by atoms with Crippen molar-refractivity contribution in [2.24, 2.45) is 0 Å². The van der Waals surface area contributed by atoms with Gasteiger partial charge < -0.3 is 19.2 Å². The number of rotatable bonds is 7. The molecular weight excluding hydrogens is 481 g/mol. The van der Waals surface area contributed by atoms with Crippen LogP contribution in [0, 0.1) is 0 Å². The fraction of sp³-hybridized carbons (Fsp3) is 0.150. The molecule has 1 N–H and O–H groups in total. The number of esters is 2. The van der Waals surface area contributed by atoms with Gasteiger partial charge in [0.25, 0.3) is 5.22 Å². The summed E-state index contributed by atoms with van der Waals surface area (Å²) in [6.07, 6.45) is 0. The molecule has 3 rings (SSSR count). The van der Waals surface area contributed by atoms with Gasteiger partial charge in [0.1, 0.15) is 0 Å². The highest BCUT2D eigenvalue weighted by Gasteiger charge is 2.19. The molecule has 1 aromatic heterocycles. The van der Waals surface area contributed by atoms with Crippen molar-refractivity contribution in [3.8, 4) is 11.5 Å². The molecule has 0 unspecified atom stereocenters. The van der Waals surface area contributed by atoms with Crippen molar-refractivity contribution >= 4 is 58.5 Å². The van der Waals surface area contributed by atoms with Gasteiger partial charge in [-0.1, -0.05) is 35.0 Å². The summed E-state index contributed by atoms with van der Waals surface area (Å²) in [4.78, 5) is 36.2. The third-order valence-electron chi connectivity index (χ3n) is 4.01. The number of methoxy groups -OCH3 is 2. The number of amides is 1. The molecule has 0 bridgehead atoms. The van der Waals surface area contributed by atoms with Crippen molar-refractivity contribution in [2.45, 2.75) is 5.22 Å². The minimum absolute atomic E-state index is 0.0796. The van der Waals surface area contributed by atoms with Gasteiger partial charge in [0.2, 0.25) is 11.8 Å². The summed E-state index contributed by atoms with van der Waals surface area (Å²) in [5.41, 5.74) is 0.840. The van der Waals surface area contributed by atoms with Crippen LogP contribution in [0.4, 0.5) is 5.69 Å². The van der Waals surface area contributed by atoms with Crippen molar-refractivity contribution in [2.75, 3.05) is 25.3 Å². The predicted molar refractivity (Wildman–Crippen MR) is 118 cm³/mol. The normalized spacial score (nSPS) is 10.5. The largest absolute Gasteiger partial charge is 0.465 e. The van der Waals surface area contributed by atoms with Gasteiger partial charge in [-0.3, -0.25) is 4.79 Å². The second kappa shape index (κ2) is 10.5. The molecule has 32 heavy (non-hydrogen) atoms. The lowest BCUT2D eigenvalue weighted by molar-refractivity contribution is -0.113. The lowest BCUT2D eigenvalue weighted by Crippen LogP contribution is -2.18. The number of aromatic nitrogens is 2. The first-order chi connectivity index (χ1) is 15.3. The Morgan fingerprint density at radius 3 is 2.47 bits per heavy atom. The number of nitrogens with zero attached hydrogens (tertiary/aromatic N) is 2. The molecule has 0 aliphatic carbocycles. The lowest BCUT2D eigenvalue weighted by Gasteiger charge is -2.11. The van der Waals surface area contributed by atoms with Gasteiger partial charge in [0, 0.05) is 5.02 Å². The smallest absolute Gasteiger partial charge is 0.339 e. The Morgan fingerprint density at radius 2 is 1.78 bits per heavy atom. The Balaban J connectivity index is 1.70. The third kappa shape index (κ3) is 5.58. The standard InChI is InChI=1S/C20H15Cl2N3O6S/c1-29-18(27)10-3-5-13(19(28)30-2)15(7-10)23-16(26)9-32-20-25-24-17(31-20)12-6-4-11(21)8-14(12)22/h3-8H,9H2,1-2H3,(H,23,26). The number of hydrogen-bond donors (Lipinski definition) is 1. The number of thioether (sulfide) groups is 1. The van der Waals surface area contributed by atoms with E-state index < -0.39 is 17.8 Å². The molecule has 166 valence electrons. The molecule has 0 fully saturated rings. The molecule has 1 amide bonds. The number of anilines is 1. The molecular formula is C20H15Cl2N3O6S. The fourth-order valence-electron chi connectivity index (χ4n) is 2.53. The number of nitrogens with one attached hydrogen (secondary N) is 1. The Hall–Kier alpha value is -3.08. The van der Waals surface area contributed by atoms with E-state index in [4.69, 9.17) is 32.4 Å². The highest BCUT2D eigenvalue weighted by molar-refractivity contribution is 7.99. The minimum Gasteiger partial charge on any atom is -0.465 e. The van der Waals surface area contributed by atoms with Crippen LogP contribution >= 0.6 is 35.0 Å². The summed E-state index contributed by atoms with van der Waals surface area (Å²) in [5.74, 6) is -1.71. The van der Waals surface area contributed by atoms with E-state index in [1.165, 1.54) is 32.4 Å². The predicted octanol–water partition coefficient (Wildman–Crippen LogP) is 4.35. The molecule has 0 radical (unpaired) electrons. The van der Waals surface area contributed by atoms with E-state index in [0.29, 0.717) is 15.6 Å². The molecule has 0 atom stereocenters. The minimum atomic E-state index is -0.675. The Morgan fingerprint density at radius 1 is 1.03 bits per heavy atom. The highest BCUT2D eigenvalue weighted by atomic mass is 35.5. The van der Waals surface area contributed by atoms with Crippen LogP contribution in [0.1, 0.15) is 20.7 Å². The summed E-state index contributed by atoms with van der Waals surface area (Å²) in [7, 11) is 2.43. The van der Waals surface area contributed by atoms with E-state index in [1.54, 1.807) is 18.2 Å². The Labute approximate surface area is 196 Å². The lowest BCUT2D eigenvalue weighted by atomic mass is 10.1. The average Bonchev–Trinajstić information content (AvgIpc) is 3.25. The molecule has 0 saturated heterocycles. The highest BCUT2D eigenvalue weighted by Crippen LogP contribution is 2.31. The van der Waals surface area contributed by atoms with Crippen molar-refractivity contribution in [3.63, 3.8) is 0 Å². The van der Waals surface area contributed by atoms with Crippen LogP contribution in [0.25, 0.3) is 11.5 Å². The molecule has 0 spiro atoms. The fourth-order valence-corrected chi connectivity index (χ4v) is 3.59. The van der Waals surface area contributed by atoms with Crippen LogP contribution in [0.3, 0.4) is 0 Å². The van der Waals surface area contributed by atoms with Gasteiger partial charge in [0.05, 0.1) is 47.4 Å². The maximum absolute atomic E-state index is 12.4. The van der Waals surface area contributed by atoms with Gasteiger partial charge in [-0.2, -0.15) is 0 Å². The maximum atomic E-state index is 12.4. The first kappa shape index (κ1) is 23.6. The molecule has 2 aromatic carbocycles.